The van der Waals surface area contributed by atoms with E-state index in [0.29, 0.717) is 22.5 Å². The van der Waals surface area contributed by atoms with Gasteiger partial charge in [-0.2, -0.15) is 0 Å². The topological polar surface area (TPSA) is 50.9 Å². The third-order valence-electron chi connectivity index (χ3n) is 6.59. The van der Waals surface area contributed by atoms with Gasteiger partial charge in [-0.3, -0.25) is 0 Å². The summed E-state index contributed by atoms with van der Waals surface area (Å²) in [5.41, 5.74) is 5.11. The maximum atomic E-state index is 11.1. The van der Waals surface area contributed by atoms with Crippen molar-refractivity contribution in [3.05, 3.63) is 116 Å². The van der Waals surface area contributed by atoms with Crippen LogP contribution in [0.5, 0.6) is 0 Å². The van der Waals surface area contributed by atoms with Gasteiger partial charge in [-0.25, -0.2) is 9.97 Å². The molecule has 2 aromatic heterocycles. The lowest BCUT2D eigenvalue weighted by Gasteiger charge is -2.18. The number of imidazole rings is 1. The van der Waals surface area contributed by atoms with Gasteiger partial charge in [-0.05, 0) is 65.9 Å². The molecule has 6 rings (SSSR count). The molecule has 2 heterocycles. The molecule has 7 heteroatoms. The summed E-state index contributed by atoms with van der Waals surface area (Å²) in [6, 6.07) is 21.8. The summed E-state index contributed by atoms with van der Waals surface area (Å²) >= 11 is 13.9. The molecule has 0 spiro atoms. The third-order valence-corrected chi connectivity index (χ3v) is 7.93. The molecule has 4 nitrogen and oxygen atoms in total. The average Bonchev–Trinajstić information content (AvgIpc) is 3.45. The van der Waals surface area contributed by atoms with E-state index in [0.717, 1.165) is 51.4 Å². The first-order valence-electron chi connectivity index (χ1n) is 11.7. The zero-order valence-corrected chi connectivity index (χ0v) is 21.1. The Bertz CT molecular complexity index is 1460. The number of aliphatic hydroxyl groups is 1. The molecule has 0 radical (unpaired) electrons. The Kier molecular flexibility index (Phi) is 6.11. The largest absolute Gasteiger partial charge is 0.387 e. The number of halogens is 2. The summed E-state index contributed by atoms with van der Waals surface area (Å²) < 4.78 is 2.20. The SMILES string of the molecule is OC(Cn1c(C2CC2)nc2ccc(C(c3ccc(Cl)cc3)c3nccs3)cc21)c1ccc(Cl)cc1. The fraction of sp³-hybridized carbons (Fsp3) is 0.214. The van der Waals surface area contributed by atoms with Crippen LogP contribution in [-0.4, -0.2) is 19.6 Å². The Morgan fingerprint density at radius 2 is 1.57 bits per heavy atom. The summed E-state index contributed by atoms with van der Waals surface area (Å²) in [6.45, 7) is 0.441. The van der Waals surface area contributed by atoms with Crippen LogP contribution in [-0.2, 0) is 6.54 Å². The number of fused-ring (bicyclic) bond motifs is 1. The normalized spacial score (nSPS) is 15.4. The summed E-state index contributed by atoms with van der Waals surface area (Å²) in [7, 11) is 0. The molecule has 5 aromatic rings. The predicted molar refractivity (Wildman–Crippen MR) is 143 cm³/mol. The van der Waals surface area contributed by atoms with Crippen LogP contribution in [0.15, 0.2) is 78.3 Å². The van der Waals surface area contributed by atoms with Gasteiger partial charge in [0.25, 0.3) is 0 Å². The van der Waals surface area contributed by atoms with Gasteiger partial charge in [0.05, 0.1) is 29.6 Å². The monoisotopic (exact) mass is 519 g/mol. The van der Waals surface area contributed by atoms with Crippen LogP contribution in [0.25, 0.3) is 11.0 Å². The second kappa shape index (κ2) is 9.40. The molecule has 2 atom stereocenters. The van der Waals surface area contributed by atoms with Gasteiger partial charge < -0.3 is 9.67 Å². The van der Waals surface area contributed by atoms with Crippen LogP contribution in [0.1, 0.15) is 58.3 Å². The van der Waals surface area contributed by atoms with E-state index in [1.165, 1.54) is 0 Å². The first kappa shape index (κ1) is 22.7. The standard InChI is InChI=1S/C28H23Cl2N3OS/c29-21-8-3-17(4-9-21)25(34)16-33-24-15-20(7-12-23(24)32-27(33)19-1-2-19)26(28-31-13-14-35-28)18-5-10-22(30)11-6-18/h3-15,19,25-26,34H,1-2,16H2. The van der Waals surface area contributed by atoms with Crippen molar-refractivity contribution < 1.29 is 5.11 Å². The molecule has 1 N–H and O–H groups in total. The molecule has 0 bridgehead atoms. The van der Waals surface area contributed by atoms with Crippen LogP contribution in [0, 0.1) is 0 Å². The van der Waals surface area contributed by atoms with Gasteiger partial charge in [-0.1, -0.05) is 53.5 Å². The molecule has 0 aliphatic heterocycles. The number of nitrogens with zero attached hydrogens (tertiary/aromatic N) is 3. The van der Waals surface area contributed by atoms with Crippen molar-refractivity contribution >= 4 is 45.6 Å². The number of aliphatic hydroxyl groups excluding tert-OH is 1. The highest BCUT2D eigenvalue weighted by Crippen LogP contribution is 2.42. The van der Waals surface area contributed by atoms with Crippen LogP contribution < -0.4 is 0 Å². The third kappa shape index (κ3) is 4.62. The van der Waals surface area contributed by atoms with Crippen LogP contribution >= 0.6 is 34.5 Å². The summed E-state index contributed by atoms with van der Waals surface area (Å²) in [4.78, 5) is 9.63. The quantitative estimate of drug-likeness (QED) is 0.241. The van der Waals surface area contributed by atoms with Crippen LogP contribution in [0.4, 0.5) is 0 Å². The van der Waals surface area contributed by atoms with Crippen molar-refractivity contribution in [2.24, 2.45) is 0 Å². The average molecular weight is 520 g/mol. The molecule has 0 amide bonds. The molecule has 0 saturated heterocycles. The van der Waals surface area contributed by atoms with E-state index in [-0.39, 0.29) is 5.92 Å². The first-order valence-corrected chi connectivity index (χ1v) is 13.3. The zero-order valence-electron chi connectivity index (χ0n) is 18.8. The number of hydrogen-bond donors (Lipinski definition) is 1. The van der Waals surface area contributed by atoms with E-state index in [1.54, 1.807) is 11.3 Å². The van der Waals surface area contributed by atoms with E-state index in [4.69, 9.17) is 28.2 Å². The Morgan fingerprint density at radius 1 is 0.914 bits per heavy atom. The Morgan fingerprint density at radius 3 is 2.20 bits per heavy atom. The van der Waals surface area contributed by atoms with Crippen molar-refractivity contribution in [3.63, 3.8) is 0 Å². The number of benzene rings is 3. The van der Waals surface area contributed by atoms with Crippen molar-refractivity contribution in [2.45, 2.75) is 37.3 Å². The molecule has 2 unspecified atom stereocenters. The summed E-state index contributed by atoms with van der Waals surface area (Å²) in [5, 5.41) is 15.5. The highest BCUT2D eigenvalue weighted by Gasteiger charge is 2.31. The smallest absolute Gasteiger partial charge is 0.113 e. The van der Waals surface area contributed by atoms with Crippen LogP contribution in [0.3, 0.4) is 0 Å². The molecule has 1 aliphatic carbocycles. The van der Waals surface area contributed by atoms with E-state index in [1.807, 2.05) is 48.0 Å². The van der Waals surface area contributed by atoms with Crippen molar-refractivity contribution in [2.75, 3.05) is 0 Å². The van der Waals surface area contributed by atoms with Gasteiger partial charge in [0, 0.05) is 27.5 Å². The van der Waals surface area contributed by atoms with Gasteiger partial charge in [0.2, 0.25) is 0 Å². The van der Waals surface area contributed by atoms with Crippen molar-refractivity contribution in [1.82, 2.24) is 14.5 Å². The van der Waals surface area contributed by atoms with Crippen LogP contribution in [0.2, 0.25) is 10.0 Å². The first-order chi connectivity index (χ1) is 17.1. The van der Waals surface area contributed by atoms with Gasteiger partial charge >= 0.3 is 0 Å². The van der Waals surface area contributed by atoms with E-state index >= 15 is 0 Å². The second-order valence-electron chi connectivity index (χ2n) is 9.03. The van der Waals surface area contributed by atoms with E-state index < -0.39 is 6.10 Å². The summed E-state index contributed by atoms with van der Waals surface area (Å²) in [6.07, 6.45) is 3.47. The van der Waals surface area contributed by atoms with Crippen molar-refractivity contribution in [3.8, 4) is 0 Å². The number of thiazole rings is 1. The van der Waals surface area contributed by atoms with E-state index in [2.05, 4.69) is 39.9 Å². The lowest BCUT2D eigenvalue weighted by atomic mass is 9.91. The minimum absolute atomic E-state index is 0.00872. The minimum atomic E-state index is -0.656. The minimum Gasteiger partial charge on any atom is -0.387 e. The molecule has 1 aliphatic rings. The molecule has 1 saturated carbocycles. The lowest BCUT2D eigenvalue weighted by Crippen LogP contribution is -2.11. The lowest BCUT2D eigenvalue weighted by molar-refractivity contribution is 0.156. The fourth-order valence-electron chi connectivity index (χ4n) is 4.66. The highest BCUT2D eigenvalue weighted by atomic mass is 35.5. The maximum absolute atomic E-state index is 11.1. The fourth-order valence-corrected chi connectivity index (χ4v) is 5.70. The Balaban J connectivity index is 1.44. The number of hydrogen-bond acceptors (Lipinski definition) is 4. The molecule has 176 valence electrons. The van der Waals surface area contributed by atoms with Gasteiger partial charge in [-0.15, -0.1) is 11.3 Å². The molecule has 3 aromatic carbocycles. The molecular weight excluding hydrogens is 497 g/mol. The number of rotatable bonds is 7. The zero-order chi connectivity index (χ0) is 23.9. The van der Waals surface area contributed by atoms with Gasteiger partial charge in [0.1, 0.15) is 10.8 Å². The van der Waals surface area contributed by atoms with E-state index in [9.17, 15) is 5.11 Å². The molecular formula is C28H23Cl2N3OS. The van der Waals surface area contributed by atoms with Gasteiger partial charge in [0.15, 0.2) is 0 Å². The Labute approximate surface area is 217 Å². The highest BCUT2D eigenvalue weighted by molar-refractivity contribution is 7.09. The predicted octanol–water partition coefficient (Wildman–Crippen LogP) is 7.59. The second-order valence-corrected chi connectivity index (χ2v) is 10.8. The van der Waals surface area contributed by atoms with Crippen molar-refractivity contribution in [1.29, 1.82) is 0 Å². The molecule has 1 fully saturated rings. The maximum Gasteiger partial charge on any atom is 0.113 e. The Hall–Kier alpha value is -2.70. The molecule has 35 heavy (non-hydrogen) atoms. The summed E-state index contributed by atoms with van der Waals surface area (Å²) in [5.74, 6) is 1.50. The number of aromatic nitrogens is 3.